The van der Waals surface area contributed by atoms with Gasteiger partial charge in [0.25, 0.3) is 0 Å². The molecular formula is C28H34N8S. The molecule has 1 saturated heterocycles. The Balaban J connectivity index is 1.27. The van der Waals surface area contributed by atoms with Crippen molar-refractivity contribution in [1.29, 1.82) is 0 Å². The van der Waals surface area contributed by atoms with Crippen LogP contribution >= 0.6 is 11.3 Å². The van der Waals surface area contributed by atoms with Crippen molar-refractivity contribution < 1.29 is 0 Å². The van der Waals surface area contributed by atoms with E-state index in [4.69, 9.17) is 0 Å². The van der Waals surface area contributed by atoms with Crippen LogP contribution in [0.2, 0.25) is 0 Å². The molecule has 2 fully saturated rings. The SMILES string of the molecule is Cc1c(-c2[nH]c3sc([C@@H]4CC5CC4CCN5Cc4cn[nH]n4)c(C)c3c2C(C)C)cn2ncnc2c1C. The number of nitrogens with one attached hydrogen (secondary N) is 2. The van der Waals surface area contributed by atoms with Crippen LogP contribution in [0.4, 0.5) is 0 Å². The zero-order valence-corrected chi connectivity index (χ0v) is 23.0. The summed E-state index contributed by atoms with van der Waals surface area (Å²) in [6.45, 7) is 13.4. The zero-order valence-electron chi connectivity index (χ0n) is 22.2. The summed E-state index contributed by atoms with van der Waals surface area (Å²) >= 11 is 2.00. The summed E-state index contributed by atoms with van der Waals surface area (Å²) in [5.41, 5.74) is 9.83. The van der Waals surface area contributed by atoms with Gasteiger partial charge in [-0.2, -0.15) is 20.5 Å². The molecule has 2 aliphatic rings. The number of thiophene rings is 1. The van der Waals surface area contributed by atoms with Crippen molar-refractivity contribution >= 4 is 27.2 Å². The summed E-state index contributed by atoms with van der Waals surface area (Å²) in [7, 11) is 0. The molecule has 5 aromatic heterocycles. The Labute approximate surface area is 220 Å². The molecule has 192 valence electrons. The highest BCUT2D eigenvalue weighted by molar-refractivity contribution is 7.19. The molecule has 9 heteroatoms. The van der Waals surface area contributed by atoms with Crippen molar-refractivity contribution in [3.63, 3.8) is 0 Å². The fourth-order valence-corrected chi connectivity index (χ4v) is 8.55. The summed E-state index contributed by atoms with van der Waals surface area (Å²) in [4.78, 5) is 13.9. The number of hydrogen-bond donors (Lipinski definition) is 2. The smallest absolute Gasteiger partial charge is 0.158 e. The van der Waals surface area contributed by atoms with E-state index in [1.54, 1.807) is 11.2 Å². The van der Waals surface area contributed by atoms with E-state index in [9.17, 15) is 0 Å². The van der Waals surface area contributed by atoms with Crippen molar-refractivity contribution in [2.45, 2.75) is 78.3 Å². The predicted molar refractivity (Wildman–Crippen MR) is 147 cm³/mol. The maximum atomic E-state index is 4.46. The van der Waals surface area contributed by atoms with Crippen LogP contribution < -0.4 is 0 Å². The van der Waals surface area contributed by atoms with Gasteiger partial charge in [0.2, 0.25) is 0 Å². The second kappa shape index (κ2) is 8.49. The lowest BCUT2D eigenvalue weighted by Crippen LogP contribution is -2.37. The highest BCUT2D eigenvalue weighted by atomic mass is 32.1. The molecule has 0 radical (unpaired) electrons. The van der Waals surface area contributed by atoms with Crippen LogP contribution in [-0.2, 0) is 6.54 Å². The van der Waals surface area contributed by atoms with Crippen molar-refractivity contribution in [2.24, 2.45) is 5.92 Å². The number of H-pyrrole nitrogens is 2. The summed E-state index contributed by atoms with van der Waals surface area (Å²) in [5.74, 6) is 1.84. The third-order valence-corrected chi connectivity index (χ3v) is 10.4. The van der Waals surface area contributed by atoms with Crippen molar-refractivity contribution in [3.05, 3.63) is 51.5 Å². The maximum absolute atomic E-state index is 4.46. The quantitative estimate of drug-likeness (QED) is 0.306. The molecule has 2 N–H and O–H groups in total. The Morgan fingerprint density at radius 3 is 2.78 bits per heavy atom. The van der Waals surface area contributed by atoms with Crippen LogP contribution in [0, 0.1) is 26.7 Å². The van der Waals surface area contributed by atoms with Gasteiger partial charge in [0.05, 0.1) is 17.6 Å². The van der Waals surface area contributed by atoms with E-state index in [-0.39, 0.29) is 0 Å². The fourth-order valence-electron chi connectivity index (χ4n) is 7.11. The van der Waals surface area contributed by atoms with Gasteiger partial charge in [-0.1, -0.05) is 13.8 Å². The van der Waals surface area contributed by atoms with Gasteiger partial charge < -0.3 is 4.98 Å². The van der Waals surface area contributed by atoms with Gasteiger partial charge in [0, 0.05) is 34.6 Å². The number of piperidine rings is 1. The number of aromatic nitrogens is 7. The predicted octanol–water partition coefficient (Wildman–Crippen LogP) is 5.87. The second-order valence-corrected chi connectivity index (χ2v) is 12.4. The average molecular weight is 515 g/mol. The van der Waals surface area contributed by atoms with Gasteiger partial charge in [-0.25, -0.2) is 9.50 Å². The molecule has 0 spiro atoms. The number of nitrogens with zero attached hydrogens (tertiary/aromatic N) is 6. The number of aromatic amines is 2. The first-order valence-electron chi connectivity index (χ1n) is 13.4. The molecule has 8 nitrogen and oxygen atoms in total. The van der Waals surface area contributed by atoms with Gasteiger partial charge in [0.15, 0.2) is 5.65 Å². The monoisotopic (exact) mass is 514 g/mol. The first-order chi connectivity index (χ1) is 17.9. The first-order valence-corrected chi connectivity index (χ1v) is 14.3. The van der Waals surface area contributed by atoms with E-state index in [2.05, 4.69) is 76.2 Å². The zero-order chi connectivity index (χ0) is 25.4. The van der Waals surface area contributed by atoms with Crippen LogP contribution in [-0.4, -0.2) is 52.5 Å². The summed E-state index contributed by atoms with van der Waals surface area (Å²) in [6, 6.07) is 0.639. The van der Waals surface area contributed by atoms with Crippen LogP contribution in [0.1, 0.15) is 77.8 Å². The van der Waals surface area contributed by atoms with Crippen molar-refractivity contribution in [1.82, 2.24) is 39.9 Å². The lowest BCUT2D eigenvalue weighted by molar-refractivity contribution is 0.145. The highest BCUT2D eigenvalue weighted by Crippen LogP contribution is 2.52. The van der Waals surface area contributed by atoms with Crippen molar-refractivity contribution in [3.8, 4) is 11.3 Å². The molecule has 7 rings (SSSR count). The van der Waals surface area contributed by atoms with Gasteiger partial charge in [-0.15, -0.1) is 11.3 Å². The molecule has 3 atom stereocenters. The molecule has 1 saturated carbocycles. The number of aryl methyl sites for hydroxylation is 2. The summed E-state index contributed by atoms with van der Waals surface area (Å²) in [5, 5.41) is 17.0. The largest absolute Gasteiger partial charge is 0.346 e. The molecule has 6 heterocycles. The Morgan fingerprint density at radius 2 is 2.00 bits per heavy atom. The minimum absolute atomic E-state index is 0.414. The molecule has 5 aromatic rings. The number of likely N-dealkylation sites (tertiary alicyclic amines) is 1. The van der Waals surface area contributed by atoms with E-state index in [0.717, 1.165) is 30.3 Å². The molecule has 0 amide bonds. The topological polar surface area (TPSA) is 90.8 Å². The minimum Gasteiger partial charge on any atom is -0.346 e. The summed E-state index contributed by atoms with van der Waals surface area (Å²) in [6.07, 6.45) is 9.46. The van der Waals surface area contributed by atoms with E-state index in [1.807, 2.05) is 22.0 Å². The lowest BCUT2D eigenvalue weighted by atomic mass is 9.88. The molecular weight excluding hydrogens is 480 g/mol. The highest BCUT2D eigenvalue weighted by Gasteiger charge is 2.43. The Kier molecular flexibility index (Phi) is 5.30. The van der Waals surface area contributed by atoms with Crippen molar-refractivity contribution in [2.75, 3.05) is 6.54 Å². The molecule has 2 unspecified atom stereocenters. The van der Waals surface area contributed by atoms with Gasteiger partial charge >= 0.3 is 0 Å². The first kappa shape index (κ1) is 23.1. The maximum Gasteiger partial charge on any atom is 0.158 e. The summed E-state index contributed by atoms with van der Waals surface area (Å²) < 4.78 is 1.92. The minimum atomic E-state index is 0.414. The van der Waals surface area contributed by atoms with Crippen LogP contribution in [0.3, 0.4) is 0 Å². The van der Waals surface area contributed by atoms with Gasteiger partial charge in [-0.05, 0) is 86.6 Å². The van der Waals surface area contributed by atoms with Crippen LogP contribution in [0.5, 0.6) is 0 Å². The second-order valence-electron chi connectivity index (χ2n) is 11.4. The lowest BCUT2D eigenvalue weighted by Gasteiger charge is -2.32. The van der Waals surface area contributed by atoms with E-state index >= 15 is 0 Å². The molecule has 0 aromatic carbocycles. The standard InChI is InChI=1S/C28H34N8S/c1-14(2)23-24-17(5)26(21-9-20-8-18(21)6-7-35(20)11-19-10-30-34-33-19)37-28(24)32-25(23)22-12-36-27(29-13-31-36)16(4)15(22)3/h10,12-14,18,20-21,32H,6-9,11H2,1-5H3,(H,30,33,34)/t18?,20?,21-/m1/s1. The Hall–Kier alpha value is -3.04. The Bertz CT molecular complexity index is 1600. The molecule has 1 aliphatic heterocycles. The van der Waals surface area contributed by atoms with E-state index in [0.29, 0.717) is 17.9 Å². The van der Waals surface area contributed by atoms with Crippen LogP contribution in [0.15, 0.2) is 18.7 Å². The van der Waals surface area contributed by atoms with Crippen LogP contribution in [0.25, 0.3) is 27.1 Å². The number of hydrogen-bond acceptors (Lipinski definition) is 6. The average Bonchev–Trinajstić information content (AvgIpc) is 3.68. The third kappa shape index (κ3) is 3.50. The van der Waals surface area contributed by atoms with Gasteiger partial charge in [0.1, 0.15) is 11.2 Å². The molecule has 37 heavy (non-hydrogen) atoms. The number of fused-ring (bicyclic) bond motifs is 4. The number of rotatable bonds is 5. The van der Waals surface area contributed by atoms with Gasteiger partial charge in [-0.3, -0.25) is 4.90 Å². The van der Waals surface area contributed by atoms with E-state index in [1.165, 1.54) is 63.0 Å². The molecule has 2 bridgehead atoms. The Morgan fingerprint density at radius 1 is 1.14 bits per heavy atom. The molecule has 1 aliphatic carbocycles. The third-order valence-electron chi connectivity index (χ3n) is 9.07. The van der Waals surface area contributed by atoms with E-state index < -0.39 is 0 Å². The fraction of sp³-hybridized carbons (Fsp3) is 0.500. The number of pyridine rings is 1. The normalized spacial score (nSPS) is 22.3.